The Bertz CT molecular complexity index is 533. The van der Waals surface area contributed by atoms with E-state index >= 15 is 0 Å². The van der Waals surface area contributed by atoms with Crippen LogP contribution in [-0.4, -0.2) is 4.98 Å². The van der Waals surface area contributed by atoms with E-state index < -0.39 is 0 Å². The number of aromatic amines is 1. The summed E-state index contributed by atoms with van der Waals surface area (Å²) >= 11 is 0. The van der Waals surface area contributed by atoms with E-state index in [4.69, 9.17) is 0 Å². The second-order valence-electron chi connectivity index (χ2n) is 11.6. The highest BCUT2D eigenvalue weighted by Gasteiger charge is 2.16. The number of H-pyrrole nitrogens is 1. The van der Waals surface area contributed by atoms with Crippen molar-refractivity contribution in [3.63, 3.8) is 0 Å². The lowest BCUT2D eigenvalue weighted by Crippen LogP contribution is -2.39. The lowest BCUT2D eigenvalue weighted by atomic mass is 10.0. The van der Waals surface area contributed by atoms with Crippen molar-refractivity contribution in [1.82, 2.24) is 4.98 Å². The third-order valence-corrected chi connectivity index (χ3v) is 7.69. The van der Waals surface area contributed by atoms with E-state index in [-0.39, 0.29) is 0 Å². The van der Waals surface area contributed by atoms with E-state index in [9.17, 15) is 0 Å². The van der Waals surface area contributed by atoms with Gasteiger partial charge in [-0.1, -0.05) is 143 Å². The zero-order valence-electron chi connectivity index (χ0n) is 24.0. The van der Waals surface area contributed by atoms with Gasteiger partial charge in [-0.25, -0.2) is 9.55 Å². The van der Waals surface area contributed by atoms with Gasteiger partial charge in [0.15, 0.2) is 0 Å². The Morgan fingerprint density at radius 1 is 0.588 bits per heavy atom. The Morgan fingerprint density at radius 3 is 1.53 bits per heavy atom. The Labute approximate surface area is 215 Å². The van der Waals surface area contributed by atoms with E-state index in [0.717, 1.165) is 5.92 Å². The van der Waals surface area contributed by atoms with Gasteiger partial charge in [-0.2, -0.15) is 0 Å². The first-order valence-electron chi connectivity index (χ1n) is 15.7. The van der Waals surface area contributed by atoms with Gasteiger partial charge in [0.1, 0.15) is 12.4 Å². The highest BCUT2D eigenvalue weighted by Crippen LogP contribution is 2.16. The SMILES string of the molecule is CCCCCCCCCCCCCC(C)[n+]1cc[nH]c1CCCCCCCCCCCC(C)C. The van der Waals surface area contributed by atoms with Gasteiger partial charge in [0.05, 0.1) is 6.04 Å². The summed E-state index contributed by atoms with van der Waals surface area (Å²) in [7, 11) is 0. The zero-order chi connectivity index (χ0) is 24.7. The van der Waals surface area contributed by atoms with Gasteiger partial charge >= 0.3 is 0 Å². The van der Waals surface area contributed by atoms with Crippen molar-refractivity contribution >= 4 is 0 Å². The average Bonchev–Trinajstić information content (AvgIpc) is 3.29. The van der Waals surface area contributed by atoms with Crippen LogP contribution in [0.3, 0.4) is 0 Å². The number of hydrogen-bond acceptors (Lipinski definition) is 0. The normalized spacial score (nSPS) is 12.6. The number of unbranched alkanes of at least 4 members (excludes halogenated alkanes) is 18. The van der Waals surface area contributed by atoms with Gasteiger partial charge in [0, 0.05) is 6.42 Å². The van der Waals surface area contributed by atoms with Gasteiger partial charge < -0.3 is 0 Å². The van der Waals surface area contributed by atoms with E-state index in [1.807, 2.05) is 0 Å². The average molecular weight is 476 g/mol. The van der Waals surface area contributed by atoms with Crippen molar-refractivity contribution in [2.75, 3.05) is 0 Å². The standard InChI is InChI=1S/C32H62N2/c1-5-6-7-8-9-10-11-14-17-20-23-26-31(4)34-29-28-33-32(34)27-24-21-18-15-12-13-16-19-22-25-30(2)3/h28-31H,5-27H2,1-4H3/p+1. The van der Waals surface area contributed by atoms with Crippen molar-refractivity contribution in [3.8, 4) is 0 Å². The molecule has 0 aromatic carbocycles. The fourth-order valence-corrected chi connectivity index (χ4v) is 5.32. The van der Waals surface area contributed by atoms with Crippen LogP contribution >= 0.6 is 0 Å². The lowest BCUT2D eigenvalue weighted by Gasteiger charge is -2.10. The molecule has 0 fully saturated rings. The summed E-state index contributed by atoms with van der Waals surface area (Å²) in [5.74, 6) is 2.33. The molecular weight excluding hydrogens is 412 g/mol. The Hall–Kier alpha value is -0.790. The zero-order valence-corrected chi connectivity index (χ0v) is 24.0. The maximum atomic E-state index is 3.53. The molecule has 0 aliphatic carbocycles. The number of rotatable bonds is 25. The van der Waals surface area contributed by atoms with Gasteiger partial charge in [0.25, 0.3) is 5.82 Å². The maximum absolute atomic E-state index is 3.53. The first kappa shape index (κ1) is 31.2. The Morgan fingerprint density at radius 2 is 1.03 bits per heavy atom. The molecule has 1 heterocycles. The smallest absolute Gasteiger partial charge is 0.248 e. The minimum Gasteiger partial charge on any atom is -0.248 e. The van der Waals surface area contributed by atoms with Gasteiger partial charge in [-0.15, -0.1) is 0 Å². The van der Waals surface area contributed by atoms with Crippen LogP contribution in [0, 0.1) is 5.92 Å². The van der Waals surface area contributed by atoms with E-state index in [1.165, 1.54) is 154 Å². The molecule has 2 nitrogen and oxygen atoms in total. The van der Waals surface area contributed by atoms with Crippen molar-refractivity contribution in [3.05, 3.63) is 18.2 Å². The molecular formula is C32H63N2+. The molecule has 0 spiro atoms. The molecule has 0 bridgehead atoms. The van der Waals surface area contributed by atoms with E-state index in [0.29, 0.717) is 6.04 Å². The lowest BCUT2D eigenvalue weighted by molar-refractivity contribution is -0.726. The minimum atomic E-state index is 0.635. The van der Waals surface area contributed by atoms with Crippen molar-refractivity contribution in [2.24, 2.45) is 5.92 Å². The summed E-state index contributed by atoms with van der Waals surface area (Å²) in [6.07, 6.45) is 36.9. The van der Waals surface area contributed by atoms with Gasteiger partial charge in [0.2, 0.25) is 0 Å². The summed E-state index contributed by atoms with van der Waals surface area (Å²) < 4.78 is 2.52. The van der Waals surface area contributed by atoms with Crippen LogP contribution in [0.25, 0.3) is 0 Å². The molecule has 1 atom stereocenters. The molecule has 0 saturated carbocycles. The number of nitrogens with zero attached hydrogens (tertiary/aromatic N) is 1. The predicted octanol–water partition coefficient (Wildman–Crippen LogP) is 10.7. The topological polar surface area (TPSA) is 19.7 Å². The second kappa shape index (κ2) is 22.7. The van der Waals surface area contributed by atoms with E-state index in [2.05, 4.69) is 49.6 Å². The van der Waals surface area contributed by atoms with Crippen LogP contribution < -0.4 is 4.57 Å². The summed E-state index contributed by atoms with van der Waals surface area (Å²) in [5.41, 5.74) is 0. The van der Waals surface area contributed by atoms with Crippen LogP contribution in [-0.2, 0) is 6.42 Å². The predicted molar refractivity (Wildman–Crippen MR) is 151 cm³/mol. The number of aromatic nitrogens is 2. The number of aryl methyl sites for hydroxylation is 1. The Balaban J connectivity index is 1.98. The first-order chi connectivity index (χ1) is 16.6. The quantitative estimate of drug-likeness (QED) is 0.107. The summed E-state index contributed by atoms with van der Waals surface area (Å²) in [6.45, 7) is 9.40. The fourth-order valence-electron chi connectivity index (χ4n) is 5.32. The maximum Gasteiger partial charge on any atom is 0.254 e. The molecule has 1 aromatic rings. The largest absolute Gasteiger partial charge is 0.254 e. The van der Waals surface area contributed by atoms with Crippen molar-refractivity contribution < 1.29 is 4.57 Å². The van der Waals surface area contributed by atoms with E-state index in [1.54, 1.807) is 0 Å². The third kappa shape index (κ3) is 17.6. The molecule has 0 saturated heterocycles. The van der Waals surface area contributed by atoms with Crippen LogP contribution in [0.2, 0.25) is 0 Å². The molecule has 0 radical (unpaired) electrons. The molecule has 0 aliphatic rings. The summed E-state index contributed by atoms with van der Waals surface area (Å²) in [4.78, 5) is 3.53. The van der Waals surface area contributed by atoms with Crippen LogP contribution in [0.4, 0.5) is 0 Å². The van der Waals surface area contributed by atoms with Gasteiger partial charge in [-0.3, -0.25) is 0 Å². The summed E-state index contributed by atoms with van der Waals surface area (Å²) in [5, 5.41) is 0. The molecule has 0 aliphatic heterocycles. The number of hydrogen-bond donors (Lipinski definition) is 1. The highest BCUT2D eigenvalue weighted by atomic mass is 15.1. The minimum absolute atomic E-state index is 0.635. The molecule has 1 aromatic heterocycles. The van der Waals surface area contributed by atoms with Crippen molar-refractivity contribution in [1.29, 1.82) is 0 Å². The van der Waals surface area contributed by atoms with Crippen molar-refractivity contribution in [2.45, 2.75) is 181 Å². The monoisotopic (exact) mass is 475 g/mol. The molecule has 1 unspecified atom stereocenters. The second-order valence-corrected chi connectivity index (χ2v) is 11.6. The number of nitrogens with one attached hydrogen (secondary N) is 1. The van der Waals surface area contributed by atoms with Crippen LogP contribution in [0.15, 0.2) is 12.4 Å². The first-order valence-corrected chi connectivity index (χ1v) is 15.7. The van der Waals surface area contributed by atoms with Gasteiger partial charge in [-0.05, 0) is 32.1 Å². The third-order valence-electron chi connectivity index (χ3n) is 7.69. The molecule has 0 amide bonds. The highest BCUT2D eigenvalue weighted by molar-refractivity contribution is 4.78. The Kier molecular flexibility index (Phi) is 20.8. The van der Waals surface area contributed by atoms with Crippen LogP contribution in [0.5, 0.6) is 0 Å². The molecule has 34 heavy (non-hydrogen) atoms. The molecule has 2 heteroatoms. The number of imidazole rings is 1. The molecule has 1 N–H and O–H groups in total. The van der Waals surface area contributed by atoms with Crippen LogP contribution in [0.1, 0.15) is 181 Å². The fraction of sp³-hybridized carbons (Fsp3) is 0.906. The molecule has 200 valence electrons. The summed E-state index contributed by atoms with van der Waals surface area (Å²) in [6, 6.07) is 0.635. The molecule has 1 rings (SSSR count).